The lowest BCUT2D eigenvalue weighted by atomic mass is 10.1. The molecular formula is C22H23NO4S. The maximum atomic E-state index is 12.9. The molecule has 0 unspecified atom stereocenters. The summed E-state index contributed by atoms with van der Waals surface area (Å²) in [6, 6.07) is 13.4. The summed E-state index contributed by atoms with van der Waals surface area (Å²) in [5, 5.41) is 2.01. The largest absolute Gasteiger partial charge is 0.493 e. The SMILES string of the molecule is COc1ccc(CN(Cc2cccs2)C(=O)/C=C/c2ccc(C)o2)cc1OC. The lowest BCUT2D eigenvalue weighted by Crippen LogP contribution is -2.28. The van der Waals surface area contributed by atoms with Crippen molar-refractivity contribution < 1.29 is 18.7 Å². The van der Waals surface area contributed by atoms with Crippen molar-refractivity contribution in [2.45, 2.75) is 20.0 Å². The number of amides is 1. The third-order valence-electron chi connectivity index (χ3n) is 4.21. The molecular weight excluding hydrogens is 374 g/mol. The standard InChI is InChI=1S/C22H23NO4S/c1-16-6-8-18(27-16)9-11-22(24)23(15-19-5-4-12-28-19)14-17-7-10-20(25-2)21(13-17)26-3/h4-13H,14-15H2,1-3H3/b11-9+. The molecule has 2 aromatic heterocycles. The Morgan fingerprint density at radius 1 is 1.11 bits per heavy atom. The van der Waals surface area contributed by atoms with Gasteiger partial charge < -0.3 is 18.8 Å². The monoisotopic (exact) mass is 397 g/mol. The van der Waals surface area contributed by atoms with Crippen LogP contribution >= 0.6 is 11.3 Å². The van der Waals surface area contributed by atoms with Gasteiger partial charge in [0, 0.05) is 17.5 Å². The summed E-state index contributed by atoms with van der Waals surface area (Å²) >= 11 is 1.63. The molecule has 0 saturated heterocycles. The molecule has 0 aliphatic rings. The van der Waals surface area contributed by atoms with E-state index < -0.39 is 0 Å². The van der Waals surface area contributed by atoms with Gasteiger partial charge in [-0.25, -0.2) is 0 Å². The number of rotatable bonds is 8. The van der Waals surface area contributed by atoms with Crippen LogP contribution in [0.1, 0.15) is 22.0 Å². The average Bonchev–Trinajstić information content (AvgIpc) is 3.37. The number of nitrogens with zero attached hydrogens (tertiary/aromatic N) is 1. The molecule has 1 amide bonds. The van der Waals surface area contributed by atoms with E-state index in [1.807, 2.05) is 54.8 Å². The zero-order valence-corrected chi connectivity index (χ0v) is 17.0. The van der Waals surface area contributed by atoms with Crippen molar-refractivity contribution in [1.29, 1.82) is 0 Å². The topological polar surface area (TPSA) is 51.9 Å². The first-order valence-electron chi connectivity index (χ1n) is 8.85. The third-order valence-corrected chi connectivity index (χ3v) is 5.07. The quantitative estimate of drug-likeness (QED) is 0.507. The predicted molar refractivity (Wildman–Crippen MR) is 111 cm³/mol. The number of methoxy groups -OCH3 is 2. The van der Waals surface area contributed by atoms with E-state index in [1.165, 1.54) is 0 Å². The van der Waals surface area contributed by atoms with Crippen molar-refractivity contribution in [3.63, 3.8) is 0 Å². The normalized spacial score (nSPS) is 11.0. The van der Waals surface area contributed by atoms with Gasteiger partial charge in [0.2, 0.25) is 5.91 Å². The van der Waals surface area contributed by atoms with E-state index in [0.717, 1.165) is 16.2 Å². The second-order valence-corrected chi connectivity index (χ2v) is 7.28. The van der Waals surface area contributed by atoms with Crippen LogP contribution in [0.5, 0.6) is 11.5 Å². The van der Waals surface area contributed by atoms with Crippen LogP contribution in [0.25, 0.3) is 6.08 Å². The molecule has 146 valence electrons. The highest BCUT2D eigenvalue weighted by molar-refractivity contribution is 7.09. The summed E-state index contributed by atoms with van der Waals surface area (Å²) in [7, 11) is 3.20. The molecule has 5 nitrogen and oxygen atoms in total. The van der Waals surface area contributed by atoms with Crippen LogP contribution in [0.3, 0.4) is 0 Å². The molecule has 6 heteroatoms. The minimum atomic E-state index is -0.0859. The Labute approximate surface area is 168 Å². The molecule has 0 fully saturated rings. The van der Waals surface area contributed by atoms with Gasteiger partial charge in [0.25, 0.3) is 0 Å². The van der Waals surface area contributed by atoms with Crippen LogP contribution in [-0.4, -0.2) is 25.0 Å². The molecule has 0 aliphatic heterocycles. The van der Waals surface area contributed by atoms with Crippen LogP contribution in [-0.2, 0) is 17.9 Å². The fourth-order valence-electron chi connectivity index (χ4n) is 2.80. The average molecular weight is 397 g/mol. The molecule has 3 aromatic rings. The lowest BCUT2D eigenvalue weighted by molar-refractivity contribution is -0.127. The van der Waals surface area contributed by atoms with Crippen molar-refractivity contribution in [3.8, 4) is 11.5 Å². The van der Waals surface area contributed by atoms with E-state index in [-0.39, 0.29) is 5.91 Å². The van der Waals surface area contributed by atoms with Crippen molar-refractivity contribution >= 4 is 23.3 Å². The van der Waals surface area contributed by atoms with Gasteiger partial charge in [-0.2, -0.15) is 0 Å². The van der Waals surface area contributed by atoms with E-state index in [4.69, 9.17) is 13.9 Å². The number of carbonyl (C=O) groups excluding carboxylic acids is 1. The van der Waals surface area contributed by atoms with E-state index in [2.05, 4.69) is 0 Å². The van der Waals surface area contributed by atoms with Crippen molar-refractivity contribution in [2.75, 3.05) is 14.2 Å². The van der Waals surface area contributed by atoms with Crippen LogP contribution < -0.4 is 9.47 Å². The number of aryl methyl sites for hydroxylation is 1. The Hall–Kier alpha value is -2.99. The molecule has 1 aromatic carbocycles. The van der Waals surface area contributed by atoms with E-state index in [0.29, 0.717) is 30.3 Å². The first-order chi connectivity index (χ1) is 13.6. The fourth-order valence-corrected chi connectivity index (χ4v) is 3.52. The van der Waals surface area contributed by atoms with Gasteiger partial charge >= 0.3 is 0 Å². The molecule has 0 spiro atoms. The summed E-state index contributed by atoms with van der Waals surface area (Å²) in [4.78, 5) is 15.8. The summed E-state index contributed by atoms with van der Waals surface area (Å²) < 4.78 is 16.2. The Morgan fingerprint density at radius 3 is 2.57 bits per heavy atom. The molecule has 0 aliphatic carbocycles. The van der Waals surface area contributed by atoms with Gasteiger partial charge in [0.1, 0.15) is 11.5 Å². The predicted octanol–water partition coefficient (Wildman–Crippen LogP) is 4.91. The van der Waals surface area contributed by atoms with Crippen molar-refractivity contribution in [1.82, 2.24) is 4.90 Å². The Balaban J connectivity index is 1.80. The molecule has 0 saturated carbocycles. The molecule has 0 N–H and O–H groups in total. The van der Waals surface area contributed by atoms with Gasteiger partial charge in [-0.15, -0.1) is 11.3 Å². The number of carbonyl (C=O) groups is 1. The van der Waals surface area contributed by atoms with Crippen molar-refractivity contribution in [2.24, 2.45) is 0 Å². The van der Waals surface area contributed by atoms with Crippen LogP contribution in [0.15, 0.2) is 58.3 Å². The highest BCUT2D eigenvalue weighted by Gasteiger charge is 2.15. The highest BCUT2D eigenvalue weighted by Crippen LogP contribution is 2.28. The maximum absolute atomic E-state index is 12.9. The number of thiophene rings is 1. The van der Waals surface area contributed by atoms with E-state index >= 15 is 0 Å². The summed E-state index contributed by atoms with van der Waals surface area (Å²) in [6.45, 7) is 2.87. The molecule has 0 radical (unpaired) electrons. The van der Waals surface area contributed by atoms with Gasteiger partial charge in [0.15, 0.2) is 11.5 Å². The zero-order chi connectivity index (χ0) is 19.9. The molecule has 3 rings (SSSR count). The minimum Gasteiger partial charge on any atom is -0.493 e. The van der Waals surface area contributed by atoms with Gasteiger partial charge in [0.05, 0.1) is 20.8 Å². The summed E-state index contributed by atoms with van der Waals surface area (Å²) in [6.07, 6.45) is 3.25. The van der Waals surface area contributed by atoms with Gasteiger partial charge in [-0.05, 0) is 54.3 Å². The minimum absolute atomic E-state index is 0.0859. The second-order valence-electron chi connectivity index (χ2n) is 6.24. The number of ether oxygens (including phenoxy) is 2. The second kappa shape index (κ2) is 9.28. The first-order valence-corrected chi connectivity index (χ1v) is 9.73. The molecule has 0 bridgehead atoms. The third kappa shape index (κ3) is 5.04. The fraction of sp³-hybridized carbons (Fsp3) is 0.227. The number of hydrogen-bond donors (Lipinski definition) is 0. The van der Waals surface area contributed by atoms with Gasteiger partial charge in [-0.1, -0.05) is 12.1 Å². The molecule has 0 atom stereocenters. The number of hydrogen-bond acceptors (Lipinski definition) is 5. The Bertz CT molecular complexity index is 943. The summed E-state index contributed by atoms with van der Waals surface area (Å²) in [5.74, 6) is 2.69. The molecule has 2 heterocycles. The highest BCUT2D eigenvalue weighted by atomic mass is 32.1. The van der Waals surface area contributed by atoms with Crippen LogP contribution in [0.4, 0.5) is 0 Å². The zero-order valence-electron chi connectivity index (χ0n) is 16.2. The lowest BCUT2D eigenvalue weighted by Gasteiger charge is -2.21. The van der Waals surface area contributed by atoms with E-state index in [9.17, 15) is 4.79 Å². The Morgan fingerprint density at radius 2 is 1.93 bits per heavy atom. The van der Waals surface area contributed by atoms with E-state index in [1.54, 1.807) is 42.6 Å². The number of benzene rings is 1. The Kier molecular flexibility index (Phi) is 6.55. The maximum Gasteiger partial charge on any atom is 0.247 e. The van der Waals surface area contributed by atoms with Crippen LogP contribution in [0, 0.1) is 6.92 Å². The summed E-state index contributed by atoms with van der Waals surface area (Å²) in [5.41, 5.74) is 0.963. The van der Waals surface area contributed by atoms with Crippen LogP contribution in [0.2, 0.25) is 0 Å². The number of furan rings is 1. The molecule has 28 heavy (non-hydrogen) atoms. The first kappa shape index (κ1) is 19.8. The smallest absolute Gasteiger partial charge is 0.247 e. The van der Waals surface area contributed by atoms with Crippen molar-refractivity contribution in [3.05, 3.63) is 75.9 Å². The van der Waals surface area contributed by atoms with Gasteiger partial charge in [-0.3, -0.25) is 4.79 Å².